The lowest BCUT2D eigenvalue weighted by molar-refractivity contribution is 0.0692. The second-order valence-electron chi connectivity index (χ2n) is 8.48. The van der Waals surface area contributed by atoms with Crippen molar-refractivity contribution < 1.29 is 9.32 Å². The van der Waals surface area contributed by atoms with Crippen molar-refractivity contribution in [1.29, 1.82) is 0 Å². The number of amides is 1. The third kappa shape index (κ3) is 5.55. The van der Waals surface area contributed by atoms with E-state index in [0.29, 0.717) is 17.3 Å². The molecule has 7 heteroatoms. The molecule has 1 saturated heterocycles. The maximum absolute atomic E-state index is 13.1. The van der Waals surface area contributed by atoms with Crippen molar-refractivity contribution >= 4 is 18.3 Å². The van der Waals surface area contributed by atoms with Gasteiger partial charge in [-0.3, -0.25) is 4.79 Å². The molecule has 1 amide bonds. The molecule has 1 atom stereocenters. The molecule has 2 heterocycles. The molecule has 0 spiro atoms. The van der Waals surface area contributed by atoms with Gasteiger partial charge in [-0.25, -0.2) is 0 Å². The van der Waals surface area contributed by atoms with E-state index in [4.69, 9.17) is 4.52 Å². The number of carbonyl (C=O) groups excluding carboxylic acids is 1. The fourth-order valence-corrected chi connectivity index (χ4v) is 3.45. The molecule has 3 rings (SSSR count). The molecular weight excluding hydrogens is 376 g/mol. The first-order valence-electron chi connectivity index (χ1n) is 9.82. The van der Waals surface area contributed by atoms with Gasteiger partial charge in [-0.05, 0) is 36.9 Å². The first-order chi connectivity index (χ1) is 12.9. The minimum absolute atomic E-state index is 0. The van der Waals surface area contributed by atoms with Crippen molar-refractivity contribution in [2.45, 2.75) is 53.0 Å². The topological polar surface area (TPSA) is 71.3 Å². The Kier molecular flexibility index (Phi) is 7.61. The predicted octanol–water partition coefficient (Wildman–Crippen LogP) is 3.96. The quantitative estimate of drug-likeness (QED) is 0.786. The third-order valence-electron chi connectivity index (χ3n) is 4.72. The number of carbonyl (C=O) groups is 1. The van der Waals surface area contributed by atoms with Crippen LogP contribution < -0.4 is 5.32 Å². The summed E-state index contributed by atoms with van der Waals surface area (Å²) in [6, 6.07) is 7.82. The van der Waals surface area contributed by atoms with E-state index in [2.05, 4.69) is 43.2 Å². The van der Waals surface area contributed by atoms with E-state index in [1.165, 1.54) is 0 Å². The molecule has 0 bridgehead atoms. The highest BCUT2D eigenvalue weighted by Gasteiger charge is 2.27. The van der Waals surface area contributed by atoms with Crippen LogP contribution in [0.4, 0.5) is 0 Å². The molecule has 1 aromatic heterocycles. The van der Waals surface area contributed by atoms with Crippen LogP contribution in [0.1, 0.15) is 56.8 Å². The average Bonchev–Trinajstić information content (AvgIpc) is 3.30. The second kappa shape index (κ2) is 9.52. The molecule has 28 heavy (non-hydrogen) atoms. The van der Waals surface area contributed by atoms with Crippen molar-refractivity contribution in [1.82, 2.24) is 20.4 Å². The Labute approximate surface area is 173 Å². The van der Waals surface area contributed by atoms with Gasteiger partial charge in [-0.15, -0.1) is 12.4 Å². The molecule has 1 aliphatic heterocycles. The molecule has 1 N–H and O–H groups in total. The molecule has 1 fully saturated rings. The zero-order valence-electron chi connectivity index (χ0n) is 17.2. The lowest BCUT2D eigenvalue weighted by atomic mass is 9.92. The first kappa shape index (κ1) is 22.4. The summed E-state index contributed by atoms with van der Waals surface area (Å²) in [5.74, 6) is 1.23. The number of hydrogen-bond acceptors (Lipinski definition) is 5. The Morgan fingerprint density at radius 2 is 2.14 bits per heavy atom. The summed E-state index contributed by atoms with van der Waals surface area (Å²) in [5, 5.41) is 7.46. The van der Waals surface area contributed by atoms with E-state index >= 15 is 0 Å². The monoisotopic (exact) mass is 406 g/mol. The molecule has 6 nitrogen and oxygen atoms in total. The Balaban J connectivity index is 0.00000280. The molecule has 0 saturated carbocycles. The standard InChI is InChI=1S/C21H30N4O2.ClH/c1-5-11-25(17-9-10-22-14-17)20(26)16-8-6-7-15(12-16)19-23-18(27-24-19)13-21(2,3)4;/h6-8,12,17,22H,5,9-11,13-14H2,1-4H3;1H. The van der Waals surface area contributed by atoms with Crippen LogP contribution in [0.3, 0.4) is 0 Å². The average molecular weight is 407 g/mol. The number of nitrogens with one attached hydrogen (secondary N) is 1. The van der Waals surface area contributed by atoms with Gasteiger partial charge in [0, 0.05) is 36.7 Å². The lowest BCUT2D eigenvalue weighted by Gasteiger charge is -2.28. The normalized spacial score (nSPS) is 16.6. The highest BCUT2D eigenvalue weighted by Crippen LogP contribution is 2.23. The Morgan fingerprint density at radius 3 is 2.79 bits per heavy atom. The summed E-state index contributed by atoms with van der Waals surface area (Å²) in [6.45, 7) is 11.1. The van der Waals surface area contributed by atoms with Crippen LogP contribution in [0.15, 0.2) is 28.8 Å². The van der Waals surface area contributed by atoms with Crippen molar-refractivity contribution in [3.05, 3.63) is 35.7 Å². The van der Waals surface area contributed by atoms with E-state index in [0.717, 1.165) is 44.5 Å². The summed E-state index contributed by atoms with van der Waals surface area (Å²) in [5.41, 5.74) is 1.57. The molecule has 1 aromatic carbocycles. The van der Waals surface area contributed by atoms with Crippen LogP contribution in [0.25, 0.3) is 11.4 Å². The van der Waals surface area contributed by atoms with Crippen LogP contribution in [-0.2, 0) is 6.42 Å². The largest absolute Gasteiger partial charge is 0.339 e. The van der Waals surface area contributed by atoms with Crippen molar-refractivity contribution in [3.63, 3.8) is 0 Å². The van der Waals surface area contributed by atoms with Gasteiger partial charge in [0.25, 0.3) is 5.91 Å². The van der Waals surface area contributed by atoms with Crippen molar-refractivity contribution in [2.24, 2.45) is 5.41 Å². The number of rotatable bonds is 6. The fourth-order valence-electron chi connectivity index (χ4n) is 3.45. The maximum Gasteiger partial charge on any atom is 0.254 e. The molecule has 0 radical (unpaired) electrons. The maximum atomic E-state index is 13.1. The van der Waals surface area contributed by atoms with Crippen LogP contribution in [0.2, 0.25) is 0 Å². The van der Waals surface area contributed by atoms with Crippen LogP contribution in [0, 0.1) is 5.41 Å². The van der Waals surface area contributed by atoms with Gasteiger partial charge in [0.2, 0.25) is 11.7 Å². The van der Waals surface area contributed by atoms with E-state index in [1.807, 2.05) is 29.2 Å². The molecule has 0 aliphatic carbocycles. The molecule has 1 unspecified atom stereocenters. The van der Waals surface area contributed by atoms with E-state index < -0.39 is 0 Å². The first-order valence-corrected chi connectivity index (χ1v) is 9.82. The summed E-state index contributed by atoms with van der Waals surface area (Å²) in [4.78, 5) is 19.6. The minimum atomic E-state index is 0. The number of halogens is 1. The summed E-state index contributed by atoms with van der Waals surface area (Å²) in [6.07, 6.45) is 2.67. The van der Waals surface area contributed by atoms with Gasteiger partial charge in [0.15, 0.2) is 0 Å². The minimum Gasteiger partial charge on any atom is -0.339 e. The SMILES string of the molecule is CCCN(C(=O)c1cccc(-c2noc(CC(C)(C)C)n2)c1)C1CCNC1.Cl. The van der Waals surface area contributed by atoms with Gasteiger partial charge >= 0.3 is 0 Å². The van der Waals surface area contributed by atoms with Gasteiger partial charge in [0.1, 0.15) is 0 Å². The molecule has 154 valence electrons. The van der Waals surface area contributed by atoms with Gasteiger partial charge < -0.3 is 14.7 Å². The highest BCUT2D eigenvalue weighted by molar-refractivity contribution is 5.95. The Morgan fingerprint density at radius 1 is 1.36 bits per heavy atom. The highest BCUT2D eigenvalue weighted by atomic mass is 35.5. The number of hydrogen-bond donors (Lipinski definition) is 1. The van der Waals surface area contributed by atoms with Gasteiger partial charge in [-0.1, -0.05) is 45.0 Å². The molecular formula is C21H31ClN4O2. The zero-order valence-corrected chi connectivity index (χ0v) is 18.0. The van der Waals surface area contributed by atoms with E-state index in [9.17, 15) is 4.79 Å². The number of aromatic nitrogens is 2. The van der Waals surface area contributed by atoms with E-state index in [-0.39, 0.29) is 29.8 Å². The lowest BCUT2D eigenvalue weighted by Crippen LogP contribution is -2.42. The van der Waals surface area contributed by atoms with Gasteiger partial charge in [-0.2, -0.15) is 4.98 Å². The molecule has 2 aromatic rings. The summed E-state index contributed by atoms with van der Waals surface area (Å²) < 4.78 is 5.40. The van der Waals surface area contributed by atoms with Crippen molar-refractivity contribution in [3.8, 4) is 11.4 Å². The number of nitrogens with zero attached hydrogens (tertiary/aromatic N) is 3. The van der Waals surface area contributed by atoms with E-state index in [1.54, 1.807) is 0 Å². The summed E-state index contributed by atoms with van der Waals surface area (Å²) in [7, 11) is 0. The molecule has 1 aliphatic rings. The number of benzene rings is 1. The fraction of sp³-hybridized carbons (Fsp3) is 0.571. The Hall–Kier alpha value is -1.92. The zero-order chi connectivity index (χ0) is 19.4. The van der Waals surface area contributed by atoms with Gasteiger partial charge in [0.05, 0.1) is 0 Å². The third-order valence-corrected chi connectivity index (χ3v) is 4.72. The predicted molar refractivity (Wildman–Crippen MR) is 113 cm³/mol. The second-order valence-corrected chi connectivity index (χ2v) is 8.48. The van der Waals surface area contributed by atoms with Crippen LogP contribution in [-0.4, -0.2) is 46.6 Å². The van der Waals surface area contributed by atoms with Crippen LogP contribution in [0.5, 0.6) is 0 Å². The Bertz CT molecular complexity index is 779. The smallest absolute Gasteiger partial charge is 0.254 e. The van der Waals surface area contributed by atoms with Crippen LogP contribution >= 0.6 is 12.4 Å². The van der Waals surface area contributed by atoms with Crippen molar-refractivity contribution in [2.75, 3.05) is 19.6 Å². The summed E-state index contributed by atoms with van der Waals surface area (Å²) >= 11 is 0.